The molecular weight excluding hydrogens is 216 g/mol. The first-order valence-electron chi connectivity index (χ1n) is 4.28. The number of hydrogen-bond donors (Lipinski definition) is 2. The molecule has 0 aliphatic carbocycles. The summed E-state index contributed by atoms with van der Waals surface area (Å²) in [7, 11) is 1.76. The van der Waals surface area contributed by atoms with Crippen molar-refractivity contribution in [1.29, 1.82) is 0 Å². The van der Waals surface area contributed by atoms with Crippen molar-refractivity contribution in [2.45, 2.75) is 0 Å². The molecule has 0 saturated heterocycles. The van der Waals surface area contributed by atoms with Gasteiger partial charge in [-0.1, -0.05) is 11.6 Å². The molecule has 0 aliphatic rings. The summed E-state index contributed by atoms with van der Waals surface area (Å²) in [5, 5.41) is 10.5. The Labute approximate surface area is 90.9 Å². The number of halogens is 1. The largest absolute Gasteiger partial charge is 0.508 e. The van der Waals surface area contributed by atoms with Crippen LogP contribution in [0.15, 0.2) is 18.3 Å². The van der Waals surface area contributed by atoms with Crippen LogP contribution in [0.25, 0.3) is 10.9 Å². The number of hydrogen-bond acceptors (Lipinski definition) is 2. The van der Waals surface area contributed by atoms with Gasteiger partial charge >= 0.3 is 0 Å². The Morgan fingerprint density at radius 3 is 2.80 bits per heavy atom. The average Bonchev–Trinajstić information content (AvgIpc) is 2.41. The van der Waals surface area contributed by atoms with Gasteiger partial charge in [-0.2, -0.15) is 0 Å². The number of nitrogens with two attached hydrogens (primary N) is 1. The molecule has 5 heteroatoms. The Morgan fingerprint density at radius 1 is 1.53 bits per heavy atom. The normalized spacial score (nSPS) is 10.8. The van der Waals surface area contributed by atoms with Gasteiger partial charge in [-0.25, -0.2) is 0 Å². The minimum absolute atomic E-state index is 0.0237. The molecule has 0 atom stereocenters. The van der Waals surface area contributed by atoms with E-state index in [2.05, 4.69) is 0 Å². The summed E-state index contributed by atoms with van der Waals surface area (Å²) in [6.07, 6.45) is 1.66. The molecule has 78 valence electrons. The maximum Gasteiger partial charge on any atom is 0.250 e. The molecule has 1 aromatic carbocycles. The molecular formula is C10H9ClN2O2. The summed E-state index contributed by atoms with van der Waals surface area (Å²) in [6, 6.07) is 2.84. The van der Waals surface area contributed by atoms with E-state index in [1.165, 1.54) is 12.1 Å². The number of aromatic nitrogens is 1. The van der Waals surface area contributed by atoms with Crippen molar-refractivity contribution in [3.63, 3.8) is 0 Å². The maximum atomic E-state index is 11.2. The molecule has 1 aromatic heterocycles. The second-order valence-electron chi connectivity index (χ2n) is 3.34. The number of phenolic OH excluding ortho intramolecular Hbond substituents is 1. The van der Waals surface area contributed by atoms with Crippen molar-refractivity contribution in [2.75, 3.05) is 0 Å². The molecule has 0 spiro atoms. The molecule has 15 heavy (non-hydrogen) atoms. The lowest BCUT2D eigenvalue weighted by Crippen LogP contribution is -2.12. The Bertz CT molecular complexity index is 560. The van der Waals surface area contributed by atoms with Crippen LogP contribution in [-0.4, -0.2) is 15.6 Å². The molecule has 2 rings (SSSR count). The molecule has 0 bridgehead atoms. The molecule has 2 aromatic rings. The van der Waals surface area contributed by atoms with Crippen molar-refractivity contribution in [1.82, 2.24) is 4.57 Å². The second-order valence-corrected chi connectivity index (χ2v) is 3.75. The zero-order chi connectivity index (χ0) is 11.2. The summed E-state index contributed by atoms with van der Waals surface area (Å²) in [6.45, 7) is 0. The number of aromatic hydroxyl groups is 1. The molecule has 3 N–H and O–H groups in total. The zero-order valence-electron chi connectivity index (χ0n) is 7.99. The monoisotopic (exact) mass is 224 g/mol. The molecule has 1 heterocycles. The quantitative estimate of drug-likeness (QED) is 0.773. The summed E-state index contributed by atoms with van der Waals surface area (Å²) >= 11 is 5.94. The van der Waals surface area contributed by atoms with E-state index in [4.69, 9.17) is 17.3 Å². The Morgan fingerprint density at radius 2 is 2.20 bits per heavy atom. The van der Waals surface area contributed by atoms with Gasteiger partial charge in [0.15, 0.2) is 0 Å². The van der Waals surface area contributed by atoms with Crippen molar-refractivity contribution < 1.29 is 9.90 Å². The topological polar surface area (TPSA) is 68.2 Å². The standard InChI is InChI=1S/C10H9ClN2O2/c1-13-4-8(11)6-2-5(14)3-7(9(6)13)10(12)15/h2-4,14H,1H3,(H2,12,15). The summed E-state index contributed by atoms with van der Waals surface area (Å²) in [5.41, 5.74) is 6.11. The SMILES string of the molecule is Cn1cc(Cl)c2cc(O)cc(C(N)=O)c21. The van der Waals surface area contributed by atoms with Crippen molar-refractivity contribution in [3.05, 3.63) is 28.9 Å². The average molecular weight is 225 g/mol. The Kier molecular flexibility index (Phi) is 2.08. The minimum Gasteiger partial charge on any atom is -0.508 e. The van der Waals surface area contributed by atoms with Gasteiger partial charge in [0.25, 0.3) is 5.91 Å². The van der Waals surface area contributed by atoms with Crippen LogP contribution in [0.4, 0.5) is 0 Å². The van der Waals surface area contributed by atoms with Crippen LogP contribution in [0.1, 0.15) is 10.4 Å². The van der Waals surface area contributed by atoms with E-state index in [1.807, 2.05) is 0 Å². The van der Waals surface area contributed by atoms with Gasteiger partial charge in [0, 0.05) is 18.6 Å². The highest BCUT2D eigenvalue weighted by Crippen LogP contribution is 2.31. The molecule has 1 amide bonds. The number of rotatable bonds is 1. The lowest BCUT2D eigenvalue weighted by atomic mass is 10.1. The van der Waals surface area contributed by atoms with Gasteiger partial charge in [-0.3, -0.25) is 4.79 Å². The van der Waals surface area contributed by atoms with Crippen LogP contribution in [-0.2, 0) is 7.05 Å². The smallest absolute Gasteiger partial charge is 0.250 e. The maximum absolute atomic E-state index is 11.2. The fourth-order valence-corrected chi connectivity index (χ4v) is 1.96. The Hall–Kier alpha value is -1.68. The third-order valence-corrected chi connectivity index (χ3v) is 2.58. The van der Waals surface area contributed by atoms with Gasteiger partial charge < -0.3 is 15.4 Å². The molecule has 0 radical (unpaired) electrons. The number of carbonyl (C=O) groups is 1. The van der Waals surface area contributed by atoms with E-state index >= 15 is 0 Å². The second kappa shape index (κ2) is 3.17. The highest BCUT2D eigenvalue weighted by atomic mass is 35.5. The van der Waals surface area contributed by atoms with Crippen LogP contribution in [0.3, 0.4) is 0 Å². The van der Waals surface area contributed by atoms with E-state index in [-0.39, 0.29) is 11.3 Å². The summed E-state index contributed by atoms with van der Waals surface area (Å²) in [5.74, 6) is -0.613. The van der Waals surface area contributed by atoms with Crippen LogP contribution < -0.4 is 5.73 Å². The molecule has 4 nitrogen and oxygen atoms in total. The van der Waals surface area contributed by atoms with Gasteiger partial charge in [0.05, 0.1) is 16.1 Å². The van der Waals surface area contributed by atoms with Crippen molar-refractivity contribution in [2.24, 2.45) is 12.8 Å². The fourth-order valence-electron chi connectivity index (χ4n) is 1.67. The third-order valence-electron chi connectivity index (χ3n) is 2.28. The molecule has 0 fully saturated rings. The minimum atomic E-state index is -0.589. The van der Waals surface area contributed by atoms with E-state index in [0.29, 0.717) is 15.9 Å². The van der Waals surface area contributed by atoms with E-state index in [0.717, 1.165) is 0 Å². The highest BCUT2D eigenvalue weighted by Gasteiger charge is 2.14. The molecule has 0 unspecified atom stereocenters. The number of nitrogens with zero attached hydrogens (tertiary/aromatic N) is 1. The number of benzene rings is 1. The van der Waals surface area contributed by atoms with Crippen LogP contribution >= 0.6 is 11.6 Å². The number of carbonyl (C=O) groups excluding carboxylic acids is 1. The first kappa shape index (κ1) is 9.86. The summed E-state index contributed by atoms with van der Waals surface area (Å²) in [4.78, 5) is 11.2. The zero-order valence-corrected chi connectivity index (χ0v) is 8.75. The molecule has 0 saturated carbocycles. The van der Waals surface area contributed by atoms with Gasteiger partial charge in [-0.05, 0) is 12.1 Å². The third kappa shape index (κ3) is 1.43. The van der Waals surface area contributed by atoms with E-state index < -0.39 is 5.91 Å². The molecule has 0 aliphatic heterocycles. The number of fused-ring (bicyclic) bond motifs is 1. The summed E-state index contributed by atoms with van der Waals surface area (Å²) < 4.78 is 1.71. The first-order chi connectivity index (χ1) is 7.00. The van der Waals surface area contributed by atoms with Crippen LogP contribution in [0, 0.1) is 0 Å². The lowest BCUT2D eigenvalue weighted by molar-refractivity contribution is 0.100. The predicted octanol–water partition coefficient (Wildman–Crippen LogP) is 1.64. The van der Waals surface area contributed by atoms with Crippen LogP contribution in [0.5, 0.6) is 5.75 Å². The number of aryl methyl sites for hydroxylation is 1. The Balaban J connectivity index is 2.96. The number of primary amides is 1. The number of amides is 1. The first-order valence-corrected chi connectivity index (χ1v) is 4.66. The van der Waals surface area contributed by atoms with Gasteiger partial charge in [0.2, 0.25) is 0 Å². The number of phenols is 1. The lowest BCUT2D eigenvalue weighted by Gasteiger charge is -2.03. The van der Waals surface area contributed by atoms with Gasteiger partial charge in [0.1, 0.15) is 5.75 Å². The van der Waals surface area contributed by atoms with E-state index in [1.54, 1.807) is 17.8 Å². The van der Waals surface area contributed by atoms with Crippen molar-refractivity contribution in [3.8, 4) is 5.75 Å². The highest BCUT2D eigenvalue weighted by molar-refractivity contribution is 6.36. The van der Waals surface area contributed by atoms with Gasteiger partial charge in [-0.15, -0.1) is 0 Å². The fraction of sp³-hybridized carbons (Fsp3) is 0.100. The van der Waals surface area contributed by atoms with E-state index in [9.17, 15) is 9.90 Å². The predicted molar refractivity (Wildman–Crippen MR) is 58.1 cm³/mol. The van der Waals surface area contributed by atoms with Crippen LogP contribution in [0.2, 0.25) is 5.02 Å². The van der Waals surface area contributed by atoms with Crippen molar-refractivity contribution >= 4 is 28.4 Å².